The van der Waals surface area contributed by atoms with Crippen molar-refractivity contribution < 1.29 is 29.0 Å². The minimum Gasteiger partial charge on any atom is -0.477 e. The highest BCUT2D eigenvalue weighted by Crippen LogP contribution is 2.46. The number of carboxylic acids is 1. The highest BCUT2D eigenvalue weighted by atomic mass is 32.2. The average molecular weight is 299 g/mol. The lowest BCUT2D eigenvalue weighted by Gasteiger charge is -2.48. The van der Waals surface area contributed by atoms with E-state index in [-0.39, 0.29) is 17.9 Å². The first-order chi connectivity index (χ1) is 9.38. The summed E-state index contributed by atoms with van der Waals surface area (Å²) in [5, 5.41) is 8.87. The summed E-state index contributed by atoms with van der Waals surface area (Å²) in [5.41, 5.74) is 0.0372. The van der Waals surface area contributed by atoms with Gasteiger partial charge in [-0.3, -0.25) is 14.5 Å². The van der Waals surface area contributed by atoms with Gasteiger partial charge in [-0.25, -0.2) is 4.79 Å². The highest BCUT2D eigenvalue weighted by molar-refractivity contribution is 8.04. The quantitative estimate of drug-likeness (QED) is 0.590. The molecule has 0 aromatic carbocycles. The molecule has 2 rings (SSSR count). The fourth-order valence-electron chi connectivity index (χ4n) is 2.06. The molecule has 0 bridgehead atoms. The molecule has 0 aliphatic carbocycles. The average Bonchev–Trinajstić information content (AvgIpc) is 2.36. The number of ether oxygens (including phenoxy) is 2. The van der Waals surface area contributed by atoms with Gasteiger partial charge in [-0.15, -0.1) is 0 Å². The van der Waals surface area contributed by atoms with Gasteiger partial charge in [0, 0.05) is 24.5 Å². The van der Waals surface area contributed by atoms with Crippen LogP contribution in [0.5, 0.6) is 0 Å². The summed E-state index contributed by atoms with van der Waals surface area (Å²) in [7, 11) is 1.39. The summed E-state index contributed by atoms with van der Waals surface area (Å²) in [6.07, 6.45) is -0.679. The largest absolute Gasteiger partial charge is 0.477 e. The maximum absolute atomic E-state index is 11.9. The molecule has 1 saturated heterocycles. The van der Waals surface area contributed by atoms with E-state index < -0.39 is 29.3 Å². The smallest absolute Gasteiger partial charge is 0.353 e. The van der Waals surface area contributed by atoms with Gasteiger partial charge in [0.05, 0.1) is 0 Å². The molecular formula is C12H13NO6S. The molecule has 2 aliphatic rings. The number of thioether (sulfide) groups is 1. The predicted molar refractivity (Wildman–Crippen MR) is 69.5 cm³/mol. The predicted octanol–water partition coefficient (Wildman–Crippen LogP) is 0.332. The van der Waals surface area contributed by atoms with Gasteiger partial charge in [0.25, 0.3) is 5.91 Å². The Morgan fingerprint density at radius 2 is 2.15 bits per heavy atom. The van der Waals surface area contributed by atoms with Gasteiger partial charge in [-0.1, -0.05) is 18.3 Å². The van der Waals surface area contributed by atoms with Crippen LogP contribution < -0.4 is 0 Å². The Bertz CT molecular complexity index is 540. The van der Waals surface area contributed by atoms with Crippen molar-refractivity contribution in [2.45, 2.75) is 18.4 Å². The van der Waals surface area contributed by atoms with Crippen LogP contribution in [-0.4, -0.2) is 53.0 Å². The van der Waals surface area contributed by atoms with Crippen molar-refractivity contribution in [2.24, 2.45) is 0 Å². The molecule has 0 aromatic heterocycles. The van der Waals surface area contributed by atoms with Gasteiger partial charge in [0.15, 0.2) is 6.10 Å². The van der Waals surface area contributed by atoms with Gasteiger partial charge in [0.2, 0.25) is 0 Å². The molecule has 0 aromatic rings. The second-order valence-corrected chi connectivity index (χ2v) is 5.42. The second-order valence-electron chi connectivity index (χ2n) is 4.21. The van der Waals surface area contributed by atoms with Gasteiger partial charge in [-0.2, -0.15) is 0 Å². The van der Waals surface area contributed by atoms with Crippen molar-refractivity contribution in [3.63, 3.8) is 0 Å². The van der Waals surface area contributed by atoms with Crippen molar-refractivity contribution in [3.05, 3.63) is 22.8 Å². The Morgan fingerprint density at radius 3 is 2.65 bits per heavy atom. The molecule has 1 unspecified atom stereocenters. The van der Waals surface area contributed by atoms with Crippen LogP contribution in [0.15, 0.2) is 22.8 Å². The number of fused-ring (bicyclic) bond motifs is 1. The first kappa shape index (κ1) is 14.6. The molecule has 7 nitrogen and oxygen atoms in total. The van der Waals surface area contributed by atoms with E-state index in [0.717, 1.165) is 4.90 Å². The third-order valence-electron chi connectivity index (χ3n) is 3.00. The molecule has 1 amide bonds. The molecule has 1 fully saturated rings. The van der Waals surface area contributed by atoms with E-state index in [0.29, 0.717) is 4.91 Å². The number of nitrogens with zero attached hydrogens (tertiary/aromatic N) is 1. The lowest BCUT2D eigenvalue weighted by Crippen LogP contribution is -2.65. The van der Waals surface area contributed by atoms with Crippen LogP contribution in [0.1, 0.15) is 6.92 Å². The molecule has 2 aliphatic heterocycles. The van der Waals surface area contributed by atoms with E-state index in [2.05, 4.69) is 6.58 Å². The molecule has 1 N–H and O–H groups in total. The Hall–Kier alpha value is -1.80. The van der Waals surface area contributed by atoms with Crippen LogP contribution in [0.25, 0.3) is 0 Å². The summed E-state index contributed by atoms with van der Waals surface area (Å²) in [6, 6.07) is 0. The molecule has 2 heterocycles. The number of rotatable bonds is 4. The summed E-state index contributed by atoms with van der Waals surface area (Å²) in [5.74, 6) is -2.22. The van der Waals surface area contributed by atoms with Crippen molar-refractivity contribution in [1.29, 1.82) is 0 Å². The van der Waals surface area contributed by atoms with Gasteiger partial charge in [-0.05, 0) is 0 Å². The molecule has 8 heteroatoms. The number of esters is 1. The van der Waals surface area contributed by atoms with Crippen LogP contribution in [0.4, 0.5) is 0 Å². The van der Waals surface area contributed by atoms with Crippen LogP contribution in [-0.2, 0) is 23.9 Å². The molecule has 0 saturated carbocycles. The zero-order valence-electron chi connectivity index (χ0n) is 10.9. The highest BCUT2D eigenvalue weighted by Gasteiger charge is 2.55. The van der Waals surface area contributed by atoms with Crippen LogP contribution in [0.2, 0.25) is 0 Å². The third kappa shape index (κ3) is 2.20. The van der Waals surface area contributed by atoms with E-state index in [1.165, 1.54) is 25.8 Å². The Balaban J connectivity index is 2.37. The Morgan fingerprint density at radius 1 is 1.50 bits per heavy atom. The maximum atomic E-state index is 11.9. The minimum absolute atomic E-state index is 0.196. The molecule has 0 spiro atoms. The topological polar surface area (TPSA) is 93.1 Å². The van der Waals surface area contributed by atoms with Crippen molar-refractivity contribution in [1.82, 2.24) is 4.90 Å². The molecule has 108 valence electrons. The number of amides is 1. The number of β-lactam (4-membered cyclic amide) rings is 1. The normalized spacial score (nSPS) is 25.2. The molecule has 2 atom stereocenters. The molecule has 20 heavy (non-hydrogen) atoms. The lowest BCUT2D eigenvalue weighted by molar-refractivity contribution is -0.162. The first-order valence-electron chi connectivity index (χ1n) is 5.70. The standard InChI is InChI=1S/C12H13NO6S/c1-5-7(4-19-6(2)14)8(12(16)17)13-10(15)9(18-3)11(13)20-5/h9,11H,1,4H2,2-3H3,(H,16,17)/t9-,11?/m0/s1. The number of carboxylic acid groups (broad SMARTS) is 1. The summed E-state index contributed by atoms with van der Waals surface area (Å²) in [4.78, 5) is 35.8. The van der Waals surface area contributed by atoms with Crippen molar-refractivity contribution in [2.75, 3.05) is 13.7 Å². The molecular weight excluding hydrogens is 286 g/mol. The number of carbonyl (C=O) groups is 3. The van der Waals surface area contributed by atoms with Crippen molar-refractivity contribution >= 4 is 29.6 Å². The van der Waals surface area contributed by atoms with E-state index in [1.54, 1.807) is 0 Å². The molecule has 0 radical (unpaired) electrons. The number of carbonyl (C=O) groups excluding carboxylic acids is 2. The van der Waals surface area contributed by atoms with E-state index >= 15 is 0 Å². The zero-order chi connectivity index (χ0) is 15.0. The van der Waals surface area contributed by atoms with Gasteiger partial charge < -0.3 is 14.6 Å². The minimum atomic E-state index is -1.26. The third-order valence-corrected chi connectivity index (χ3v) is 4.23. The number of aliphatic carboxylic acids is 1. The van der Waals surface area contributed by atoms with E-state index in [4.69, 9.17) is 9.47 Å². The fourth-order valence-corrected chi connectivity index (χ4v) is 3.31. The van der Waals surface area contributed by atoms with Crippen molar-refractivity contribution in [3.8, 4) is 0 Å². The summed E-state index contributed by atoms with van der Waals surface area (Å²) >= 11 is 1.23. The van der Waals surface area contributed by atoms with E-state index in [9.17, 15) is 19.5 Å². The van der Waals surface area contributed by atoms with E-state index in [1.807, 2.05) is 0 Å². The monoisotopic (exact) mass is 299 g/mol. The van der Waals surface area contributed by atoms with Crippen LogP contribution in [0, 0.1) is 0 Å². The zero-order valence-corrected chi connectivity index (χ0v) is 11.7. The second kappa shape index (κ2) is 5.29. The number of hydrogen-bond acceptors (Lipinski definition) is 6. The van der Waals surface area contributed by atoms with Crippen LogP contribution in [0.3, 0.4) is 0 Å². The number of hydrogen-bond donors (Lipinski definition) is 1. The fraction of sp³-hybridized carbons (Fsp3) is 0.417. The Kier molecular flexibility index (Phi) is 3.87. The van der Waals surface area contributed by atoms with Gasteiger partial charge in [0.1, 0.15) is 17.7 Å². The SMILES string of the molecule is C=C1SC2[C@@H](OC)C(=O)N2C(C(=O)O)=C1COC(C)=O. The lowest BCUT2D eigenvalue weighted by atomic mass is 10.0. The maximum Gasteiger partial charge on any atom is 0.353 e. The summed E-state index contributed by atoms with van der Waals surface area (Å²) < 4.78 is 9.85. The first-order valence-corrected chi connectivity index (χ1v) is 6.58. The van der Waals surface area contributed by atoms with Gasteiger partial charge >= 0.3 is 11.9 Å². The Labute approximate surface area is 119 Å². The number of methoxy groups -OCH3 is 1. The summed E-state index contributed by atoms with van der Waals surface area (Å²) in [6.45, 7) is 4.77. The van der Waals surface area contributed by atoms with Crippen LogP contribution >= 0.6 is 11.8 Å².